The topological polar surface area (TPSA) is 69.6 Å². The standard InChI is InChI=1S/C17H32N2O3/c1-8-9-10-12(4)15(20)14(19(6)7)17(22)16(21)13(18-5)11(2)3/h8-9,11-15,18,20H,10H2,1-7H3/b9-8+/t12-,13+,14?,15-/m1/s1/i1D3,8D. The second kappa shape index (κ2) is 9.87. The van der Waals surface area contributed by atoms with Gasteiger partial charge in [0.2, 0.25) is 11.6 Å². The number of nitrogens with zero attached hydrogens (tertiary/aromatic N) is 1. The zero-order valence-electron chi connectivity index (χ0n) is 18.4. The van der Waals surface area contributed by atoms with Crippen LogP contribution < -0.4 is 5.32 Å². The third-order valence-corrected chi connectivity index (χ3v) is 3.83. The highest BCUT2D eigenvalue weighted by Gasteiger charge is 2.38. The Balaban J connectivity index is 5.36. The molecule has 0 aromatic heterocycles. The van der Waals surface area contributed by atoms with Crippen LogP contribution in [-0.2, 0) is 9.59 Å². The number of Topliss-reactive ketones (excluding diaryl/α,β-unsaturated/α-hetero) is 2. The molecular weight excluding hydrogens is 280 g/mol. The number of allylic oxidation sites excluding steroid dienone is 2. The average molecular weight is 316 g/mol. The van der Waals surface area contributed by atoms with Gasteiger partial charge in [0, 0.05) is 4.11 Å². The molecule has 0 aromatic rings. The van der Waals surface area contributed by atoms with Gasteiger partial charge in [0.15, 0.2) is 0 Å². The van der Waals surface area contributed by atoms with Gasteiger partial charge in [-0.3, -0.25) is 14.5 Å². The molecular formula is C17H32N2O3. The van der Waals surface area contributed by atoms with Gasteiger partial charge in [-0.1, -0.05) is 32.9 Å². The van der Waals surface area contributed by atoms with Crippen LogP contribution in [0.15, 0.2) is 12.1 Å². The molecule has 5 heteroatoms. The van der Waals surface area contributed by atoms with Gasteiger partial charge in [0.05, 0.1) is 13.5 Å². The molecule has 2 N–H and O–H groups in total. The van der Waals surface area contributed by atoms with Crippen LogP contribution in [-0.4, -0.2) is 60.9 Å². The maximum absolute atomic E-state index is 12.7. The lowest BCUT2D eigenvalue weighted by Gasteiger charge is -2.32. The molecule has 0 bridgehead atoms. The lowest BCUT2D eigenvalue weighted by Crippen LogP contribution is -2.54. The van der Waals surface area contributed by atoms with E-state index >= 15 is 0 Å². The van der Waals surface area contributed by atoms with Crippen molar-refractivity contribution in [2.45, 2.75) is 52.2 Å². The van der Waals surface area contributed by atoms with Gasteiger partial charge in [-0.2, -0.15) is 0 Å². The van der Waals surface area contributed by atoms with E-state index in [-0.39, 0.29) is 12.3 Å². The minimum atomic E-state index is -2.51. The first-order valence-electron chi connectivity index (χ1n) is 9.52. The summed E-state index contributed by atoms with van der Waals surface area (Å²) in [5.41, 5.74) is 0. The van der Waals surface area contributed by atoms with Crippen LogP contribution in [0.2, 0.25) is 0 Å². The van der Waals surface area contributed by atoms with Crippen molar-refractivity contribution in [1.82, 2.24) is 10.2 Å². The lowest BCUT2D eigenvalue weighted by atomic mass is 9.87. The molecule has 0 fully saturated rings. The Morgan fingerprint density at radius 1 is 1.32 bits per heavy atom. The highest BCUT2D eigenvalue weighted by atomic mass is 16.3. The number of likely N-dealkylation sites (N-methyl/N-ethyl adjacent to an activating group) is 2. The third kappa shape index (κ3) is 5.63. The molecule has 0 heterocycles. The largest absolute Gasteiger partial charge is 0.391 e. The molecule has 0 spiro atoms. The number of carbonyl (C=O) groups is 2. The Kier molecular flexibility index (Phi) is 6.53. The second-order valence-electron chi connectivity index (χ2n) is 6.20. The molecule has 5 nitrogen and oxygen atoms in total. The summed E-state index contributed by atoms with van der Waals surface area (Å²) in [5, 5.41) is 13.4. The van der Waals surface area contributed by atoms with Crippen molar-refractivity contribution < 1.29 is 20.2 Å². The fourth-order valence-corrected chi connectivity index (χ4v) is 2.46. The Morgan fingerprint density at radius 3 is 2.32 bits per heavy atom. The summed E-state index contributed by atoms with van der Waals surface area (Å²) >= 11 is 0. The highest BCUT2D eigenvalue weighted by molar-refractivity contribution is 6.41. The van der Waals surface area contributed by atoms with Gasteiger partial charge >= 0.3 is 0 Å². The van der Waals surface area contributed by atoms with Crippen molar-refractivity contribution in [3.05, 3.63) is 12.1 Å². The van der Waals surface area contributed by atoms with Crippen LogP contribution in [0.25, 0.3) is 0 Å². The minimum absolute atomic E-state index is 0.0816. The number of hydrogen-bond donors (Lipinski definition) is 2. The van der Waals surface area contributed by atoms with E-state index in [0.717, 1.165) is 0 Å². The van der Waals surface area contributed by atoms with Gasteiger partial charge in [0.1, 0.15) is 6.04 Å². The van der Waals surface area contributed by atoms with Crippen molar-refractivity contribution in [2.75, 3.05) is 21.1 Å². The van der Waals surface area contributed by atoms with E-state index in [1.165, 1.54) is 11.0 Å². The summed E-state index contributed by atoms with van der Waals surface area (Å²) in [4.78, 5) is 26.7. The van der Waals surface area contributed by atoms with E-state index in [0.29, 0.717) is 0 Å². The van der Waals surface area contributed by atoms with Crippen LogP contribution in [0.3, 0.4) is 0 Å². The fraction of sp³-hybridized carbons (Fsp3) is 0.765. The van der Waals surface area contributed by atoms with E-state index in [2.05, 4.69) is 5.32 Å². The van der Waals surface area contributed by atoms with Gasteiger partial charge in [-0.15, -0.1) is 0 Å². The number of nitrogens with one attached hydrogen (secondary N) is 1. The number of ketones is 2. The maximum atomic E-state index is 12.7. The molecule has 128 valence electrons. The molecule has 0 aromatic carbocycles. The van der Waals surface area contributed by atoms with E-state index in [4.69, 9.17) is 5.48 Å². The van der Waals surface area contributed by atoms with Crippen LogP contribution in [0.5, 0.6) is 0 Å². The van der Waals surface area contributed by atoms with Crippen molar-refractivity contribution >= 4 is 11.6 Å². The number of rotatable bonds is 10. The quantitative estimate of drug-likeness (QED) is 0.469. The van der Waals surface area contributed by atoms with Crippen LogP contribution in [0, 0.1) is 11.8 Å². The van der Waals surface area contributed by atoms with Gasteiger partial charge in [0.25, 0.3) is 0 Å². The van der Waals surface area contributed by atoms with Gasteiger partial charge < -0.3 is 10.4 Å². The summed E-state index contributed by atoms with van der Waals surface area (Å²) in [6, 6.07) is -2.18. The van der Waals surface area contributed by atoms with Crippen LogP contribution >= 0.6 is 0 Å². The smallest absolute Gasteiger partial charge is 0.219 e. The highest BCUT2D eigenvalue weighted by Crippen LogP contribution is 2.18. The average Bonchev–Trinajstić information content (AvgIpc) is 2.50. The molecule has 1 unspecified atom stereocenters. The summed E-state index contributed by atoms with van der Waals surface area (Å²) in [6.45, 7) is 2.80. The SMILES string of the molecule is [2H]/C(=C\C[C@@H](C)[C@@H](O)C(C(=O)C(=O)[C@@H](NC)C(C)C)N(C)C)C([2H])([2H])[2H]. The molecule has 22 heavy (non-hydrogen) atoms. The monoisotopic (exact) mass is 316 g/mol. The zero-order valence-corrected chi connectivity index (χ0v) is 14.4. The van der Waals surface area contributed by atoms with Crippen LogP contribution in [0.4, 0.5) is 0 Å². The van der Waals surface area contributed by atoms with E-state index in [1.807, 2.05) is 13.8 Å². The zero-order chi connectivity index (χ0) is 20.8. The minimum Gasteiger partial charge on any atom is -0.391 e. The van der Waals surface area contributed by atoms with Crippen molar-refractivity contribution in [3.8, 4) is 0 Å². The van der Waals surface area contributed by atoms with Crippen molar-refractivity contribution in [2.24, 2.45) is 11.8 Å². The third-order valence-electron chi connectivity index (χ3n) is 3.83. The molecule has 0 saturated heterocycles. The predicted octanol–water partition coefficient (Wildman–Crippen LogP) is 1.26. The predicted molar refractivity (Wildman–Crippen MR) is 89.8 cm³/mol. The molecule has 0 aliphatic carbocycles. The Morgan fingerprint density at radius 2 is 1.91 bits per heavy atom. The summed E-state index contributed by atoms with van der Waals surface area (Å²) < 4.78 is 29.0. The molecule has 4 atom stereocenters. The second-order valence-corrected chi connectivity index (χ2v) is 6.20. The first kappa shape index (κ1) is 14.5. The number of aliphatic hydroxyl groups excluding tert-OH is 1. The Labute approximate surface area is 140 Å². The van der Waals surface area contributed by atoms with Crippen molar-refractivity contribution in [3.63, 3.8) is 0 Å². The van der Waals surface area contributed by atoms with Gasteiger partial charge in [-0.25, -0.2) is 0 Å². The van der Waals surface area contributed by atoms with E-state index in [9.17, 15) is 14.7 Å². The molecule has 0 aliphatic rings. The molecule has 0 rings (SSSR count). The summed E-state index contributed by atoms with van der Waals surface area (Å²) in [6.07, 6.45) is 0.167. The van der Waals surface area contributed by atoms with E-state index < -0.39 is 48.6 Å². The molecule has 0 radical (unpaired) electrons. The number of carbonyl (C=O) groups excluding carboxylic acids is 2. The fourth-order valence-electron chi connectivity index (χ4n) is 2.46. The first-order valence-corrected chi connectivity index (χ1v) is 7.52. The first-order chi connectivity index (χ1) is 11.8. The number of hydrogen-bond acceptors (Lipinski definition) is 5. The van der Waals surface area contributed by atoms with E-state index in [1.54, 1.807) is 28.1 Å². The lowest BCUT2D eigenvalue weighted by molar-refractivity contribution is -0.144. The summed E-state index contributed by atoms with van der Waals surface area (Å²) in [5.74, 6) is -1.86. The number of aliphatic hydroxyl groups is 1. The Hall–Kier alpha value is -1.04. The van der Waals surface area contributed by atoms with Crippen molar-refractivity contribution in [1.29, 1.82) is 0 Å². The Bertz CT molecular complexity index is 519. The molecule has 0 aliphatic heterocycles. The molecule has 0 saturated carbocycles. The van der Waals surface area contributed by atoms with Crippen LogP contribution in [0.1, 0.15) is 39.5 Å². The molecule has 0 amide bonds. The maximum Gasteiger partial charge on any atom is 0.219 e. The summed E-state index contributed by atoms with van der Waals surface area (Å²) in [7, 11) is 4.81. The normalized spacial score (nSPS) is 21.4. The van der Waals surface area contributed by atoms with Gasteiger partial charge in [-0.05, 0) is 46.3 Å².